The van der Waals surface area contributed by atoms with Crippen LogP contribution in [0.25, 0.3) is 10.2 Å². The van der Waals surface area contributed by atoms with Gasteiger partial charge in [0.15, 0.2) is 4.80 Å². The summed E-state index contributed by atoms with van der Waals surface area (Å²) in [5.74, 6) is -0.413. The van der Waals surface area contributed by atoms with Crippen molar-refractivity contribution in [2.75, 3.05) is 13.1 Å². The monoisotopic (exact) mass is 505 g/mol. The molecule has 0 atom stereocenters. The molecule has 1 aliphatic heterocycles. The van der Waals surface area contributed by atoms with Gasteiger partial charge in [0.1, 0.15) is 0 Å². The maximum atomic E-state index is 12.8. The quantitative estimate of drug-likeness (QED) is 0.488. The average Bonchev–Trinajstić information content (AvgIpc) is 3.38. The van der Waals surface area contributed by atoms with Gasteiger partial charge < -0.3 is 4.57 Å². The third-order valence-corrected chi connectivity index (χ3v) is 8.41. The van der Waals surface area contributed by atoms with Crippen LogP contribution in [0.1, 0.15) is 23.2 Å². The van der Waals surface area contributed by atoms with Crippen LogP contribution in [0.5, 0.6) is 0 Å². The largest absolute Gasteiger partial charge is 0.312 e. The number of rotatable bonds is 5. The topological polar surface area (TPSA) is 71.7 Å². The van der Waals surface area contributed by atoms with Crippen LogP contribution in [-0.4, -0.2) is 36.3 Å². The number of hydrogen-bond acceptors (Lipinski definition) is 4. The number of benzene rings is 2. The smallest absolute Gasteiger partial charge is 0.279 e. The second-order valence-corrected chi connectivity index (χ2v) is 10.8. The van der Waals surface area contributed by atoms with Crippen molar-refractivity contribution < 1.29 is 13.2 Å². The number of fused-ring (bicyclic) bond motifs is 1. The lowest BCUT2D eigenvalue weighted by atomic mass is 10.2. The summed E-state index contributed by atoms with van der Waals surface area (Å²) in [5, 5.41) is 0. The maximum absolute atomic E-state index is 12.8. The zero-order valence-electron chi connectivity index (χ0n) is 16.1. The summed E-state index contributed by atoms with van der Waals surface area (Å²) in [5.41, 5.74) is 1.32. The summed E-state index contributed by atoms with van der Waals surface area (Å²) >= 11 is 4.89. The van der Waals surface area contributed by atoms with Crippen LogP contribution in [0.15, 0.2) is 69.5 Å². The normalized spacial score (nSPS) is 15.7. The molecule has 1 saturated heterocycles. The van der Waals surface area contributed by atoms with E-state index in [0.29, 0.717) is 30.0 Å². The first-order valence-corrected chi connectivity index (χ1v) is 12.5. The summed E-state index contributed by atoms with van der Waals surface area (Å²) in [6.45, 7) is 5.41. The van der Waals surface area contributed by atoms with Crippen molar-refractivity contribution in [2.24, 2.45) is 4.99 Å². The van der Waals surface area contributed by atoms with E-state index in [4.69, 9.17) is 0 Å². The van der Waals surface area contributed by atoms with E-state index in [9.17, 15) is 13.2 Å². The van der Waals surface area contributed by atoms with E-state index in [1.165, 1.54) is 39.9 Å². The molecule has 9 heteroatoms. The van der Waals surface area contributed by atoms with Gasteiger partial charge in [-0.1, -0.05) is 33.3 Å². The number of hydrogen-bond donors (Lipinski definition) is 0. The molecule has 1 fully saturated rings. The molecule has 2 aromatic carbocycles. The molecule has 0 spiro atoms. The number of aromatic nitrogens is 1. The second-order valence-electron chi connectivity index (χ2n) is 6.95. The fourth-order valence-corrected chi connectivity index (χ4v) is 6.54. The van der Waals surface area contributed by atoms with Gasteiger partial charge >= 0.3 is 0 Å². The van der Waals surface area contributed by atoms with Gasteiger partial charge in [-0.3, -0.25) is 4.79 Å². The maximum Gasteiger partial charge on any atom is 0.279 e. The zero-order valence-corrected chi connectivity index (χ0v) is 19.3. The van der Waals surface area contributed by atoms with Crippen LogP contribution < -0.4 is 4.80 Å². The number of thiazole rings is 1. The molecule has 1 amide bonds. The van der Waals surface area contributed by atoms with Crippen molar-refractivity contribution in [1.29, 1.82) is 0 Å². The Morgan fingerprint density at radius 2 is 1.87 bits per heavy atom. The summed E-state index contributed by atoms with van der Waals surface area (Å²) in [4.78, 5) is 17.8. The SMILES string of the molecule is C=CCn1c(=NC(=O)c2ccc(S(=O)(=O)N3CCCC3)cc2)sc2cc(Br)ccc21. The Kier molecular flexibility index (Phi) is 6.06. The lowest BCUT2D eigenvalue weighted by Crippen LogP contribution is -2.27. The van der Waals surface area contributed by atoms with Crippen LogP contribution in [-0.2, 0) is 16.6 Å². The van der Waals surface area contributed by atoms with E-state index in [1.54, 1.807) is 6.08 Å². The van der Waals surface area contributed by atoms with Crippen LogP contribution in [0.4, 0.5) is 0 Å². The summed E-state index contributed by atoms with van der Waals surface area (Å²) in [6.07, 6.45) is 3.52. The third kappa shape index (κ3) is 4.07. The van der Waals surface area contributed by atoms with Gasteiger partial charge in [0, 0.05) is 29.7 Å². The van der Waals surface area contributed by atoms with E-state index in [0.717, 1.165) is 27.5 Å². The highest BCUT2D eigenvalue weighted by molar-refractivity contribution is 9.10. The highest BCUT2D eigenvalue weighted by Crippen LogP contribution is 2.23. The molecule has 1 aliphatic rings. The van der Waals surface area contributed by atoms with Gasteiger partial charge in [-0.2, -0.15) is 9.30 Å². The molecule has 0 bridgehead atoms. The van der Waals surface area contributed by atoms with Crippen molar-refractivity contribution in [2.45, 2.75) is 24.3 Å². The predicted octanol–water partition coefficient (Wildman–Crippen LogP) is 4.18. The van der Waals surface area contributed by atoms with Crippen molar-refractivity contribution in [3.8, 4) is 0 Å². The minimum absolute atomic E-state index is 0.203. The zero-order chi connectivity index (χ0) is 21.3. The second kappa shape index (κ2) is 8.58. The van der Waals surface area contributed by atoms with Crippen LogP contribution in [0.2, 0.25) is 0 Å². The number of allylic oxidation sites excluding steroid dienone is 1. The molecular weight excluding hydrogens is 486 g/mol. The Morgan fingerprint density at radius 3 is 2.53 bits per heavy atom. The Morgan fingerprint density at radius 1 is 1.17 bits per heavy atom. The molecule has 30 heavy (non-hydrogen) atoms. The molecule has 0 saturated carbocycles. The van der Waals surface area contributed by atoms with E-state index in [2.05, 4.69) is 27.5 Å². The number of nitrogens with zero attached hydrogens (tertiary/aromatic N) is 3. The number of halogens is 1. The van der Waals surface area contributed by atoms with Crippen molar-refractivity contribution in [3.05, 3.63) is 70.0 Å². The molecule has 0 unspecified atom stereocenters. The van der Waals surface area contributed by atoms with E-state index in [-0.39, 0.29) is 4.90 Å². The molecule has 0 N–H and O–H groups in total. The van der Waals surface area contributed by atoms with E-state index < -0.39 is 15.9 Å². The fourth-order valence-electron chi connectivity index (χ4n) is 3.44. The molecule has 0 radical (unpaired) electrons. The van der Waals surface area contributed by atoms with Crippen molar-refractivity contribution in [3.63, 3.8) is 0 Å². The molecule has 4 rings (SSSR count). The van der Waals surface area contributed by atoms with Crippen molar-refractivity contribution in [1.82, 2.24) is 8.87 Å². The number of carbonyl (C=O) groups excluding carboxylic acids is 1. The summed E-state index contributed by atoms with van der Waals surface area (Å²) in [7, 11) is -3.50. The Hall–Kier alpha value is -2.07. The lowest BCUT2D eigenvalue weighted by molar-refractivity contribution is 0.0998. The van der Waals surface area contributed by atoms with Gasteiger partial charge in [0.2, 0.25) is 10.0 Å². The predicted molar refractivity (Wildman–Crippen MR) is 122 cm³/mol. The first kappa shape index (κ1) is 21.2. The third-order valence-electron chi connectivity index (χ3n) is 4.96. The van der Waals surface area contributed by atoms with Gasteiger partial charge in [-0.15, -0.1) is 6.58 Å². The van der Waals surface area contributed by atoms with Crippen LogP contribution in [0, 0.1) is 0 Å². The van der Waals surface area contributed by atoms with Gasteiger partial charge in [-0.25, -0.2) is 8.42 Å². The molecular formula is C21H20BrN3O3S2. The number of sulfonamides is 1. The fraction of sp³-hybridized carbons (Fsp3) is 0.238. The summed E-state index contributed by atoms with van der Waals surface area (Å²) in [6, 6.07) is 11.9. The van der Waals surface area contributed by atoms with Gasteiger partial charge in [-0.05, 0) is 55.3 Å². The molecule has 2 heterocycles. The lowest BCUT2D eigenvalue weighted by Gasteiger charge is -2.15. The molecule has 3 aromatic rings. The standard InChI is InChI=1S/C21H20BrN3O3S2/c1-2-11-25-18-10-7-16(22)14-19(18)29-21(25)23-20(26)15-5-8-17(9-6-15)30(27,28)24-12-3-4-13-24/h2,5-10,14H,1,3-4,11-13H2. The van der Waals surface area contributed by atoms with Crippen LogP contribution in [0.3, 0.4) is 0 Å². The Balaban J connectivity index is 1.67. The molecule has 0 aliphatic carbocycles. The van der Waals surface area contributed by atoms with Gasteiger partial charge in [0.25, 0.3) is 5.91 Å². The Bertz CT molecular complexity index is 1290. The minimum atomic E-state index is -3.50. The van der Waals surface area contributed by atoms with Gasteiger partial charge in [0.05, 0.1) is 15.1 Å². The molecule has 156 valence electrons. The first-order valence-electron chi connectivity index (χ1n) is 9.49. The highest BCUT2D eigenvalue weighted by Gasteiger charge is 2.27. The van der Waals surface area contributed by atoms with E-state index in [1.807, 2.05) is 22.8 Å². The van der Waals surface area contributed by atoms with Crippen molar-refractivity contribution >= 4 is 53.4 Å². The minimum Gasteiger partial charge on any atom is -0.312 e. The number of amides is 1. The Labute approximate surface area is 187 Å². The summed E-state index contributed by atoms with van der Waals surface area (Å²) < 4.78 is 30.7. The molecule has 1 aromatic heterocycles. The van der Waals surface area contributed by atoms with E-state index >= 15 is 0 Å². The first-order chi connectivity index (χ1) is 14.4. The average molecular weight is 506 g/mol. The highest BCUT2D eigenvalue weighted by atomic mass is 79.9. The number of carbonyl (C=O) groups is 1. The molecule has 6 nitrogen and oxygen atoms in total. The van der Waals surface area contributed by atoms with Crippen LogP contribution >= 0.6 is 27.3 Å².